The molecule has 3 aromatic carbocycles. The van der Waals surface area contributed by atoms with Crippen LogP contribution in [-0.4, -0.2) is 50.2 Å². The van der Waals surface area contributed by atoms with Gasteiger partial charge in [-0.05, 0) is 65.7 Å². The summed E-state index contributed by atoms with van der Waals surface area (Å²) in [5.41, 5.74) is 1.48. The molecule has 0 spiro atoms. The van der Waals surface area contributed by atoms with Crippen LogP contribution in [0.4, 0.5) is 13.2 Å². The molecule has 0 aromatic heterocycles. The number of aliphatic hydroxyl groups is 1. The fraction of sp³-hybridized carbons (Fsp3) is 0.214. The van der Waals surface area contributed by atoms with E-state index in [0.29, 0.717) is 24.3 Å². The maximum atomic E-state index is 12.8. The smallest absolute Gasteiger partial charge is 0.497 e. The Bertz CT molecular complexity index is 1260. The molecule has 3 rings (SSSR count). The zero-order chi connectivity index (χ0) is 28.3. The number of hydrogen-bond donors (Lipinski definition) is 3. The van der Waals surface area contributed by atoms with E-state index in [1.807, 2.05) is 24.3 Å². The highest BCUT2D eigenvalue weighted by atomic mass is 19.4. The van der Waals surface area contributed by atoms with Gasteiger partial charge >= 0.3 is 6.36 Å². The van der Waals surface area contributed by atoms with E-state index in [-0.39, 0.29) is 24.4 Å². The first-order chi connectivity index (χ1) is 18.7. The molecular weight excluding hydrogens is 517 g/mol. The molecule has 0 radical (unpaired) electrons. The molecule has 0 bridgehead atoms. The Morgan fingerprint density at radius 3 is 2.10 bits per heavy atom. The first-order valence-electron chi connectivity index (χ1n) is 11.8. The summed E-state index contributed by atoms with van der Waals surface area (Å²) in [5, 5.41) is 13.9. The highest BCUT2D eigenvalue weighted by Gasteiger charge is 2.31. The zero-order valence-electron chi connectivity index (χ0n) is 21.0. The predicted molar refractivity (Wildman–Crippen MR) is 137 cm³/mol. The van der Waals surface area contributed by atoms with Crippen LogP contribution in [0.5, 0.6) is 17.2 Å². The van der Waals surface area contributed by atoms with Gasteiger partial charge in [0.05, 0.1) is 20.3 Å². The second-order valence-electron chi connectivity index (χ2n) is 8.08. The molecule has 8 nitrogen and oxygen atoms in total. The molecule has 0 fully saturated rings. The Morgan fingerprint density at radius 2 is 1.51 bits per heavy atom. The minimum absolute atomic E-state index is 0.0625. The summed E-state index contributed by atoms with van der Waals surface area (Å²) in [7, 11) is 1.60. The summed E-state index contributed by atoms with van der Waals surface area (Å²) in [6, 6.07) is 18.7. The molecule has 0 aliphatic heterocycles. The summed E-state index contributed by atoms with van der Waals surface area (Å²) in [6.45, 7) is 0.0337. The molecular formula is C28H27F3N2O6. The summed E-state index contributed by atoms with van der Waals surface area (Å²) >= 11 is 0. The number of methoxy groups -OCH3 is 1. The number of halogens is 3. The fourth-order valence-corrected chi connectivity index (χ4v) is 3.33. The minimum atomic E-state index is -4.84. The molecule has 0 aliphatic rings. The Balaban J connectivity index is 1.64. The van der Waals surface area contributed by atoms with Crippen molar-refractivity contribution in [3.8, 4) is 17.2 Å². The van der Waals surface area contributed by atoms with Gasteiger partial charge in [0.2, 0.25) is 0 Å². The second kappa shape index (κ2) is 13.9. The highest BCUT2D eigenvalue weighted by molar-refractivity contribution is 6.05. The van der Waals surface area contributed by atoms with Crippen LogP contribution in [-0.2, 0) is 11.2 Å². The molecule has 3 aromatic rings. The maximum Gasteiger partial charge on any atom is 0.573 e. The molecule has 0 saturated carbocycles. The standard InChI is InChI=1S/C28H27F3N2O6/c1-37-22-8-2-19(3-9-22)14-17-38-23-12-6-21(7-13-23)26(35)33-25(27(36)32-15-16-34)18-20-4-10-24(11-5-20)39-28(29,30)31/h2-13,18,34H,14-17H2,1H3,(H,32,36)(H,33,35)/b25-18-. The Kier molecular flexibility index (Phi) is 10.3. The van der Waals surface area contributed by atoms with Gasteiger partial charge in [0.15, 0.2) is 0 Å². The van der Waals surface area contributed by atoms with Gasteiger partial charge in [0.1, 0.15) is 22.9 Å². The van der Waals surface area contributed by atoms with Crippen molar-refractivity contribution in [2.24, 2.45) is 0 Å². The van der Waals surface area contributed by atoms with E-state index in [1.165, 1.54) is 30.3 Å². The lowest BCUT2D eigenvalue weighted by atomic mass is 10.1. The van der Waals surface area contributed by atoms with Crippen LogP contribution >= 0.6 is 0 Å². The van der Waals surface area contributed by atoms with E-state index < -0.39 is 23.9 Å². The summed E-state index contributed by atoms with van der Waals surface area (Å²) < 4.78 is 51.9. The zero-order valence-corrected chi connectivity index (χ0v) is 21.0. The average molecular weight is 545 g/mol. The molecule has 3 N–H and O–H groups in total. The lowest BCUT2D eigenvalue weighted by molar-refractivity contribution is -0.274. The Hall–Kier alpha value is -4.51. The van der Waals surface area contributed by atoms with E-state index in [2.05, 4.69) is 15.4 Å². The SMILES string of the molecule is COc1ccc(CCOc2ccc(C(=O)N/C(=C\c3ccc(OC(F)(F)F)cc3)C(=O)NCCO)cc2)cc1. The lowest BCUT2D eigenvalue weighted by Gasteiger charge is -2.12. The van der Waals surface area contributed by atoms with Crippen LogP contribution in [0.2, 0.25) is 0 Å². The number of rotatable bonds is 12. The van der Waals surface area contributed by atoms with Gasteiger partial charge in [-0.3, -0.25) is 9.59 Å². The van der Waals surface area contributed by atoms with Crippen LogP contribution in [0, 0.1) is 0 Å². The first kappa shape index (κ1) is 29.1. The van der Waals surface area contributed by atoms with Crippen LogP contribution in [0.3, 0.4) is 0 Å². The number of aliphatic hydroxyl groups excluding tert-OH is 1. The van der Waals surface area contributed by atoms with Crippen molar-refractivity contribution in [1.29, 1.82) is 0 Å². The Morgan fingerprint density at radius 1 is 0.897 bits per heavy atom. The van der Waals surface area contributed by atoms with Crippen LogP contribution < -0.4 is 24.8 Å². The number of nitrogens with one attached hydrogen (secondary N) is 2. The van der Waals surface area contributed by atoms with Gasteiger partial charge < -0.3 is 30.0 Å². The monoisotopic (exact) mass is 544 g/mol. The first-order valence-corrected chi connectivity index (χ1v) is 11.8. The van der Waals surface area contributed by atoms with Gasteiger partial charge in [-0.2, -0.15) is 0 Å². The number of hydrogen-bond acceptors (Lipinski definition) is 6. The molecule has 0 aliphatic carbocycles. The molecule has 0 heterocycles. The second-order valence-corrected chi connectivity index (χ2v) is 8.08. The Labute approximate surface area is 223 Å². The van der Waals surface area contributed by atoms with Gasteiger partial charge in [0, 0.05) is 18.5 Å². The third-order valence-electron chi connectivity index (χ3n) is 5.25. The third-order valence-corrected chi connectivity index (χ3v) is 5.25. The number of ether oxygens (including phenoxy) is 3. The largest absolute Gasteiger partial charge is 0.573 e. The highest BCUT2D eigenvalue weighted by Crippen LogP contribution is 2.23. The number of carbonyl (C=O) groups is 2. The van der Waals surface area contributed by atoms with Gasteiger partial charge in [-0.1, -0.05) is 24.3 Å². The molecule has 39 heavy (non-hydrogen) atoms. The number of amides is 2. The summed E-state index contributed by atoms with van der Waals surface area (Å²) in [4.78, 5) is 25.4. The quantitative estimate of drug-likeness (QED) is 0.297. The van der Waals surface area contributed by atoms with Crippen molar-refractivity contribution in [3.05, 3.63) is 95.2 Å². The number of carbonyl (C=O) groups excluding carboxylic acids is 2. The molecule has 0 atom stereocenters. The molecule has 2 amide bonds. The van der Waals surface area contributed by atoms with E-state index in [9.17, 15) is 22.8 Å². The van der Waals surface area contributed by atoms with Crippen molar-refractivity contribution in [1.82, 2.24) is 10.6 Å². The van der Waals surface area contributed by atoms with Crippen molar-refractivity contribution < 1.29 is 42.1 Å². The predicted octanol–water partition coefficient (Wildman–Crippen LogP) is 4.09. The molecule has 0 unspecified atom stereocenters. The lowest BCUT2D eigenvalue weighted by Crippen LogP contribution is -2.36. The van der Waals surface area contributed by atoms with E-state index in [4.69, 9.17) is 14.6 Å². The number of alkyl halides is 3. The molecule has 0 saturated heterocycles. The third kappa shape index (κ3) is 9.71. The van der Waals surface area contributed by atoms with Crippen molar-refractivity contribution in [3.63, 3.8) is 0 Å². The van der Waals surface area contributed by atoms with Crippen molar-refractivity contribution in [2.45, 2.75) is 12.8 Å². The molecule has 206 valence electrons. The van der Waals surface area contributed by atoms with Crippen LogP contribution in [0.15, 0.2) is 78.5 Å². The average Bonchev–Trinajstić information content (AvgIpc) is 2.92. The fourth-order valence-electron chi connectivity index (χ4n) is 3.33. The van der Waals surface area contributed by atoms with Crippen LogP contribution in [0.25, 0.3) is 6.08 Å². The van der Waals surface area contributed by atoms with Gasteiger partial charge in [0.25, 0.3) is 11.8 Å². The number of benzene rings is 3. The summed E-state index contributed by atoms with van der Waals surface area (Å²) in [6.07, 6.45) is -2.87. The van der Waals surface area contributed by atoms with Gasteiger partial charge in [-0.25, -0.2) is 0 Å². The van der Waals surface area contributed by atoms with E-state index >= 15 is 0 Å². The normalized spacial score (nSPS) is 11.5. The molecule has 11 heteroatoms. The summed E-state index contributed by atoms with van der Waals surface area (Å²) in [5.74, 6) is -0.390. The van der Waals surface area contributed by atoms with Crippen LogP contribution in [0.1, 0.15) is 21.5 Å². The van der Waals surface area contributed by atoms with E-state index in [1.54, 1.807) is 19.2 Å². The minimum Gasteiger partial charge on any atom is -0.497 e. The van der Waals surface area contributed by atoms with Crippen molar-refractivity contribution in [2.75, 3.05) is 26.9 Å². The van der Waals surface area contributed by atoms with E-state index in [0.717, 1.165) is 23.4 Å². The van der Waals surface area contributed by atoms with Crippen molar-refractivity contribution >= 4 is 17.9 Å². The maximum absolute atomic E-state index is 12.8. The van der Waals surface area contributed by atoms with Gasteiger partial charge in [-0.15, -0.1) is 13.2 Å². The topological polar surface area (TPSA) is 106 Å².